The van der Waals surface area contributed by atoms with E-state index in [0.717, 1.165) is 26.8 Å². The Hall–Kier alpha value is -2.38. The Morgan fingerprint density at radius 3 is 2.56 bits per heavy atom. The number of benzene rings is 1. The number of fused-ring (bicyclic) bond motifs is 1. The molecule has 0 aliphatic heterocycles. The van der Waals surface area contributed by atoms with Crippen molar-refractivity contribution in [1.82, 2.24) is 14.9 Å². The zero-order valence-electron chi connectivity index (χ0n) is 16.3. The summed E-state index contributed by atoms with van der Waals surface area (Å²) >= 11 is 1.57. The van der Waals surface area contributed by atoms with Crippen molar-refractivity contribution >= 4 is 21.6 Å². The molecule has 1 aromatic carbocycles. The smallest absolute Gasteiger partial charge is 0.259 e. The van der Waals surface area contributed by atoms with Crippen LogP contribution < -0.4 is 15.0 Å². The Morgan fingerprint density at radius 1 is 1.22 bits per heavy atom. The van der Waals surface area contributed by atoms with E-state index in [4.69, 9.17) is 14.5 Å². The van der Waals surface area contributed by atoms with Crippen molar-refractivity contribution in [2.75, 3.05) is 27.3 Å². The fourth-order valence-corrected chi connectivity index (χ4v) is 3.89. The SMILES string of the molecule is COc1ccc(OCCN(C)[C@@H](C)c2nc3sc(C)c(C)c3c(=O)[nH]2)cc1. The molecule has 3 aromatic rings. The highest BCUT2D eigenvalue weighted by Gasteiger charge is 2.18. The number of hydrogen-bond acceptors (Lipinski definition) is 6. The van der Waals surface area contributed by atoms with Crippen molar-refractivity contribution in [3.63, 3.8) is 0 Å². The van der Waals surface area contributed by atoms with Gasteiger partial charge in [-0.05, 0) is 57.6 Å². The Labute approximate surface area is 162 Å². The van der Waals surface area contributed by atoms with Gasteiger partial charge in [-0.25, -0.2) is 4.98 Å². The number of methoxy groups -OCH3 is 1. The van der Waals surface area contributed by atoms with E-state index in [2.05, 4.69) is 9.88 Å². The zero-order chi connectivity index (χ0) is 19.6. The minimum absolute atomic E-state index is 0.0238. The van der Waals surface area contributed by atoms with Crippen LogP contribution in [-0.4, -0.2) is 42.2 Å². The van der Waals surface area contributed by atoms with Crippen LogP contribution in [0.15, 0.2) is 29.1 Å². The second-order valence-corrected chi connectivity index (χ2v) is 7.80. The summed E-state index contributed by atoms with van der Waals surface area (Å²) < 4.78 is 10.9. The zero-order valence-corrected chi connectivity index (χ0v) is 17.1. The van der Waals surface area contributed by atoms with Crippen LogP contribution in [0.2, 0.25) is 0 Å². The number of ether oxygens (including phenoxy) is 2. The van der Waals surface area contributed by atoms with Crippen LogP contribution in [0.5, 0.6) is 11.5 Å². The number of rotatable bonds is 7. The summed E-state index contributed by atoms with van der Waals surface area (Å²) in [7, 11) is 3.64. The Bertz CT molecular complexity index is 979. The normalized spacial score (nSPS) is 12.5. The van der Waals surface area contributed by atoms with Gasteiger partial charge in [-0.3, -0.25) is 9.69 Å². The summed E-state index contributed by atoms with van der Waals surface area (Å²) in [5.74, 6) is 2.28. The number of thiophene rings is 1. The first-order valence-corrected chi connectivity index (χ1v) is 9.69. The summed E-state index contributed by atoms with van der Waals surface area (Å²) in [5.41, 5.74) is 0.954. The fraction of sp³-hybridized carbons (Fsp3) is 0.400. The Kier molecular flexibility index (Phi) is 5.82. The minimum Gasteiger partial charge on any atom is -0.497 e. The molecule has 0 radical (unpaired) electrons. The predicted octanol–water partition coefficient (Wildman–Crippen LogP) is 3.68. The number of aromatic amines is 1. The summed E-state index contributed by atoms with van der Waals surface area (Å²) in [5, 5.41) is 0.707. The van der Waals surface area contributed by atoms with Crippen molar-refractivity contribution in [3.8, 4) is 11.5 Å². The second-order valence-electron chi connectivity index (χ2n) is 6.60. The van der Waals surface area contributed by atoms with E-state index >= 15 is 0 Å². The number of nitrogens with one attached hydrogen (secondary N) is 1. The van der Waals surface area contributed by atoms with Gasteiger partial charge in [0, 0.05) is 11.4 Å². The van der Waals surface area contributed by atoms with Crippen LogP contribution >= 0.6 is 11.3 Å². The van der Waals surface area contributed by atoms with Gasteiger partial charge >= 0.3 is 0 Å². The molecule has 2 heterocycles. The molecule has 6 nitrogen and oxygen atoms in total. The number of likely N-dealkylation sites (N-methyl/N-ethyl adjacent to an activating group) is 1. The first-order chi connectivity index (χ1) is 12.9. The predicted molar refractivity (Wildman–Crippen MR) is 109 cm³/mol. The van der Waals surface area contributed by atoms with Crippen molar-refractivity contribution < 1.29 is 9.47 Å². The molecule has 0 fully saturated rings. The van der Waals surface area contributed by atoms with E-state index in [1.807, 2.05) is 52.1 Å². The van der Waals surface area contributed by atoms with Gasteiger partial charge in [0.2, 0.25) is 0 Å². The number of H-pyrrole nitrogens is 1. The van der Waals surface area contributed by atoms with Crippen molar-refractivity contribution in [2.45, 2.75) is 26.8 Å². The molecule has 3 rings (SSSR count). The van der Waals surface area contributed by atoms with E-state index in [1.165, 1.54) is 0 Å². The Morgan fingerprint density at radius 2 is 1.89 bits per heavy atom. The lowest BCUT2D eigenvalue weighted by atomic mass is 10.2. The standard InChI is InChI=1S/C20H25N3O3S/c1-12-14(3)27-20-17(12)19(24)21-18(22-20)13(2)23(4)10-11-26-16-8-6-15(25-5)7-9-16/h6-9,13H,10-11H2,1-5H3,(H,21,22,24)/t13-/m0/s1. The van der Waals surface area contributed by atoms with E-state index < -0.39 is 0 Å². The molecule has 7 heteroatoms. The van der Waals surface area contributed by atoms with Gasteiger partial charge in [0.1, 0.15) is 28.8 Å². The highest BCUT2D eigenvalue weighted by atomic mass is 32.1. The molecule has 2 aromatic heterocycles. The highest BCUT2D eigenvalue weighted by Crippen LogP contribution is 2.27. The molecule has 1 N–H and O–H groups in total. The molecule has 0 aliphatic carbocycles. The van der Waals surface area contributed by atoms with Gasteiger partial charge in [0.25, 0.3) is 5.56 Å². The molecular formula is C20H25N3O3S. The summed E-state index contributed by atoms with van der Waals surface area (Å²) in [6.45, 7) is 7.27. The molecule has 0 amide bonds. The first kappa shape index (κ1) is 19.4. The lowest BCUT2D eigenvalue weighted by Gasteiger charge is -2.23. The number of aromatic nitrogens is 2. The summed E-state index contributed by atoms with van der Waals surface area (Å²) in [4.78, 5) is 24.2. The van der Waals surface area contributed by atoms with Gasteiger partial charge < -0.3 is 14.5 Å². The van der Waals surface area contributed by atoms with Gasteiger partial charge in [-0.2, -0.15) is 0 Å². The number of hydrogen-bond donors (Lipinski definition) is 1. The van der Waals surface area contributed by atoms with Gasteiger partial charge in [0.15, 0.2) is 0 Å². The van der Waals surface area contributed by atoms with Crippen LogP contribution in [0.1, 0.15) is 29.2 Å². The monoisotopic (exact) mass is 387 g/mol. The number of nitrogens with zero attached hydrogens (tertiary/aromatic N) is 2. The second kappa shape index (κ2) is 8.10. The summed E-state index contributed by atoms with van der Waals surface area (Å²) in [6.07, 6.45) is 0. The molecule has 0 unspecified atom stereocenters. The molecule has 144 valence electrons. The van der Waals surface area contributed by atoms with Crippen LogP contribution in [0, 0.1) is 13.8 Å². The van der Waals surface area contributed by atoms with Crippen molar-refractivity contribution in [1.29, 1.82) is 0 Å². The average molecular weight is 388 g/mol. The fourth-order valence-electron chi connectivity index (χ4n) is 2.85. The topological polar surface area (TPSA) is 67.5 Å². The maximum Gasteiger partial charge on any atom is 0.259 e. The molecule has 27 heavy (non-hydrogen) atoms. The van der Waals surface area contributed by atoms with Crippen molar-refractivity contribution in [3.05, 3.63) is 50.9 Å². The molecule has 0 bridgehead atoms. The third-order valence-electron chi connectivity index (χ3n) is 4.89. The van der Waals surface area contributed by atoms with Crippen LogP contribution in [0.3, 0.4) is 0 Å². The molecule has 0 saturated carbocycles. The highest BCUT2D eigenvalue weighted by molar-refractivity contribution is 7.18. The van der Waals surface area contributed by atoms with E-state index in [1.54, 1.807) is 18.4 Å². The van der Waals surface area contributed by atoms with Crippen molar-refractivity contribution in [2.24, 2.45) is 0 Å². The number of aryl methyl sites for hydroxylation is 2. The van der Waals surface area contributed by atoms with E-state index in [9.17, 15) is 4.79 Å². The lowest BCUT2D eigenvalue weighted by molar-refractivity contribution is 0.196. The summed E-state index contributed by atoms with van der Waals surface area (Å²) in [6, 6.07) is 7.49. The Balaban J connectivity index is 1.65. The van der Waals surface area contributed by atoms with Crippen LogP contribution in [0.25, 0.3) is 10.2 Å². The quantitative estimate of drug-likeness (QED) is 0.670. The van der Waals surface area contributed by atoms with Crippen LogP contribution in [0.4, 0.5) is 0 Å². The largest absolute Gasteiger partial charge is 0.497 e. The average Bonchev–Trinajstić information content (AvgIpc) is 2.95. The third-order valence-corrected chi connectivity index (χ3v) is 5.99. The lowest BCUT2D eigenvalue weighted by Crippen LogP contribution is -2.29. The molecule has 0 spiro atoms. The van der Waals surface area contributed by atoms with E-state index in [-0.39, 0.29) is 11.6 Å². The molecule has 0 saturated heterocycles. The van der Waals surface area contributed by atoms with E-state index in [0.29, 0.717) is 24.4 Å². The molecular weight excluding hydrogens is 362 g/mol. The van der Waals surface area contributed by atoms with Gasteiger partial charge in [0.05, 0.1) is 18.5 Å². The molecule has 1 atom stereocenters. The van der Waals surface area contributed by atoms with Gasteiger partial charge in [-0.15, -0.1) is 11.3 Å². The minimum atomic E-state index is -0.0633. The first-order valence-electron chi connectivity index (χ1n) is 8.87. The third kappa shape index (κ3) is 4.14. The maximum absolute atomic E-state index is 12.5. The molecule has 0 aliphatic rings. The van der Waals surface area contributed by atoms with Gasteiger partial charge in [-0.1, -0.05) is 0 Å². The maximum atomic E-state index is 12.5. The van der Waals surface area contributed by atoms with Crippen LogP contribution in [-0.2, 0) is 0 Å².